The maximum absolute atomic E-state index is 5.29. The number of methoxy groups -OCH3 is 4. The molecule has 0 N–H and O–H groups in total. The Kier molecular flexibility index (Phi) is 12.1. The Hall–Kier alpha value is -3.77. The van der Waals surface area contributed by atoms with Crippen LogP contribution in [0.3, 0.4) is 0 Å². The van der Waals surface area contributed by atoms with Gasteiger partial charge in [-0.1, -0.05) is 24.3 Å². The van der Waals surface area contributed by atoms with Crippen LogP contribution in [0.25, 0.3) is 22.5 Å². The van der Waals surface area contributed by atoms with Crippen LogP contribution >= 0.6 is 0 Å². The van der Waals surface area contributed by atoms with Gasteiger partial charge in [-0.15, -0.1) is 35.4 Å². The van der Waals surface area contributed by atoms with Crippen molar-refractivity contribution in [1.29, 1.82) is 0 Å². The van der Waals surface area contributed by atoms with E-state index in [0.29, 0.717) is 23.0 Å². The molecule has 0 unspecified atom stereocenters. The number of hydrogen-bond donors (Lipinski definition) is 0. The van der Waals surface area contributed by atoms with E-state index in [1.54, 1.807) is 53.0 Å². The quantitative estimate of drug-likeness (QED) is 0.230. The van der Waals surface area contributed by atoms with E-state index in [4.69, 9.17) is 18.9 Å². The van der Waals surface area contributed by atoms with Crippen LogP contribution in [0.2, 0.25) is 0 Å². The summed E-state index contributed by atoms with van der Waals surface area (Å²) in [4.78, 5) is 12.8. The zero-order valence-electron chi connectivity index (χ0n) is 23.5. The summed E-state index contributed by atoms with van der Waals surface area (Å²) in [5, 5.41) is 0. The zero-order chi connectivity index (χ0) is 27.7. The van der Waals surface area contributed by atoms with Crippen LogP contribution in [0, 0.1) is 12.1 Å². The summed E-state index contributed by atoms with van der Waals surface area (Å²) in [6.45, 7) is 0. The van der Waals surface area contributed by atoms with Crippen LogP contribution in [0.4, 0.5) is 11.4 Å². The van der Waals surface area contributed by atoms with E-state index in [1.807, 2.05) is 74.4 Å². The van der Waals surface area contributed by atoms with Crippen molar-refractivity contribution in [2.75, 3.05) is 66.4 Å². The third-order valence-corrected chi connectivity index (χ3v) is 5.71. The van der Waals surface area contributed by atoms with Crippen molar-refractivity contribution in [2.24, 2.45) is 0 Å². The minimum absolute atomic E-state index is 0. The third kappa shape index (κ3) is 8.11. The summed E-state index contributed by atoms with van der Waals surface area (Å²) in [5.41, 5.74) is 5.64. The molecule has 0 saturated heterocycles. The van der Waals surface area contributed by atoms with E-state index in [2.05, 4.69) is 22.1 Å². The van der Waals surface area contributed by atoms with Crippen LogP contribution < -0.4 is 28.7 Å². The van der Waals surface area contributed by atoms with Crippen molar-refractivity contribution in [3.8, 4) is 45.5 Å². The van der Waals surface area contributed by atoms with Crippen molar-refractivity contribution < 1.29 is 40.0 Å². The number of aromatic nitrogens is 2. The SMILES string of the molecule is COc1c[c-]c(-c2cc(N(C)C)ccn2)cc1OC.COc1c[c-]c(-c2cc(N(C)C)ccn2)cc1OC.[Pt+2]. The van der Waals surface area contributed by atoms with Gasteiger partial charge in [0.05, 0.1) is 51.4 Å². The molecule has 0 atom stereocenters. The van der Waals surface area contributed by atoms with Gasteiger partial charge in [0.15, 0.2) is 0 Å². The van der Waals surface area contributed by atoms with Gasteiger partial charge < -0.3 is 38.7 Å². The van der Waals surface area contributed by atoms with Crippen LogP contribution in [0.1, 0.15) is 0 Å². The molecule has 0 amide bonds. The summed E-state index contributed by atoms with van der Waals surface area (Å²) < 4.78 is 21.0. The Morgan fingerprint density at radius 2 is 0.923 bits per heavy atom. The maximum atomic E-state index is 5.29. The van der Waals surface area contributed by atoms with E-state index in [-0.39, 0.29) is 21.1 Å². The van der Waals surface area contributed by atoms with Gasteiger partial charge in [0, 0.05) is 52.0 Å². The topological polar surface area (TPSA) is 69.2 Å². The number of ether oxygens (including phenoxy) is 4. The zero-order valence-corrected chi connectivity index (χ0v) is 25.8. The second kappa shape index (κ2) is 15.0. The molecule has 4 rings (SSSR count). The molecule has 9 heteroatoms. The summed E-state index contributed by atoms with van der Waals surface area (Å²) >= 11 is 0. The molecule has 0 aliphatic heterocycles. The fourth-order valence-corrected chi connectivity index (χ4v) is 3.54. The van der Waals surface area contributed by atoms with Crippen molar-refractivity contribution in [1.82, 2.24) is 9.97 Å². The van der Waals surface area contributed by atoms with E-state index in [0.717, 1.165) is 33.9 Å². The molecule has 0 bridgehead atoms. The molecule has 2 aromatic heterocycles. The molecule has 2 aromatic carbocycles. The van der Waals surface area contributed by atoms with Crippen LogP contribution in [0.15, 0.2) is 60.9 Å². The average molecular weight is 710 g/mol. The number of hydrogen-bond acceptors (Lipinski definition) is 8. The molecule has 0 spiro atoms. The second-order valence-corrected chi connectivity index (χ2v) is 8.55. The van der Waals surface area contributed by atoms with Gasteiger partial charge in [0.25, 0.3) is 0 Å². The molecule has 0 aliphatic carbocycles. The fourth-order valence-electron chi connectivity index (χ4n) is 3.54. The molecule has 208 valence electrons. The second-order valence-electron chi connectivity index (χ2n) is 8.55. The maximum Gasteiger partial charge on any atom is 2.00 e. The van der Waals surface area contributed by atoms with Gasteiger partial charge in [-0.25, -0.2) is 0 Å². The van der Waals surface area contributed by atoms with Crippen molar-refractivity contribution in [3.63, 3.8) is 0 Å². The van der Waals surface area contributed by atoms with E-state index in [9.17, 15) is 0 Å². The first-order chi connectivity index (χ1) is 18.3. The molecule has 8 nitrogen and oxygen atoms in total. The van der Waals surface area contributed by atoms with Crippen LogP contribution in [-0.2, 0) is 21.1 Å². The number of anilines is 2. The monoisotopic (exact) mass is 709 g/mol. The smallest absolute Gasteiger partial charge is 0.536 e. The number of rotatable bonds is 8. The van der Waals surface area contributed by atoms with Crippen molar-refractivity contribution >= 4 is 11.4 Å². The molecular formula is C30H34N4O4Pt. The Bertz CT molecular complexity index is 1250. The average Bonchev–Trinajstić information content (AvgIpc) is 2.96. The van der Waals surface area contributed by atoms with E-state index < -0.39 is 0 Å². The van der Waals surface area contributed by atoms with Gasteiger partial charge in [0.2, 0.25) is 0 Å². The molecular weight excluding hydrogens is 675 g/mol. The molecule has 39 heavy (non-hydrogen) atoms. The summed E-state index contributed by atoms with van der Waals surface area (Å²) in [6, 6.07) is 21.5. The minimum Gasteiger partial charge on any atom is -0.536 e. The predicted molar refractivity (Wildman–Crippen MR) is 152 cm³/mol. The summed E-state index contributed by atoms with van der Waals surface area (Å²) in [7, 11) is 14.4. The first-order valence-corrected chi connectivity index (χ1v) is 11.9. The van der Waals surface area contributed by atoms with E-state index >= 15 is 0 Å². The predicted octanol–water partition coefficient (Wildman–Crippen LogP) is 5.26. The normalized spacial score (nSPS) is 9.85. The van der Waals surface area contributed by atoms with E-state index in [1.165, 1.54) is 0 Å². The summed E-state index contributed by atoms with van der Waals surface area (Å²) in [6.07, 6.45) is 3.57. The standard InChI is InChI=1S/2C15H17N2O2.Pt/c2*1-17(2)12-7-8-16-13(10-12)11-5-6-14(18-3)15(9-11)19-4;/h2*6-10H,1-4H3;/q2*-1;+2. The molecule has 0 saturated carbocycles. The molecule has 4 aromatic rings. The molecule has 2 heterocycles. The summed E-state index contributed by atoms with van der Waals surface area (Å²) in [5.74, 6) is 2.67. The van der Waals surface area contributed by atoms with Gasteiger partial charge in [0.1, 0.15) is 0 Å². The van der Waals surface area contributed by atoms with Crippen LogP contribution in [-0.4, -0.2) is 66.6 Å². The van der Waals surface area contributed by atoms with Gasteiger partial charge >= 0.3 is 21.1 Å². The number of nitrogens with zero attached hydrogens (tertiary/aromatic N) is 4. The number of benzene rings is 2. The van der Waals surface area contributed by atoms with Gasteiger partial charge in [-0.05, 0) is 23.5 Å². The Morgan fingerprint density at radius 3 is 1.23 bits per heavy atom. The minimum atomic E-state index is 0. The fraction of sp³-hybridized carbons (Fsp3) is 0.267. The molecule has 0 fully saturated rings. The Balaban J connectivity index is 0.000000267. The first-order valence-electron chi connectivity index (χ1n) is 11.9. The number of pyridine rings is 2. The Morgan fingerprint density at radius 1 is 0.564 bits per heavy atom. The molecule has 0 aliphatic rings. The van der Waals surface area contributed by atoms with Crippen molar-refractivity contribution in [2.45, 2.75) is 0 Å². The van der Waals surface area contributed by atoms with Crippen molar-refractivity contribution in [3.05, 3.63) is 73.1 Å². The Labute approximate surface area is 245 Å². The van der Waals surface area contributed by atoms with Gasteiger partial charge in [-0.2, -0.15) is 0 Å². The first kappa shape index (κ1) is 31.4. The van der Waals surface area contributed by atoms with Gasteiger partial charge in [-0.3, -0.25) is 0 Å². The van der Waals surface area contributed by atoms with Crippen LogP contribution in [0.5, 0.6) is 23.0 Å². The molecule has 0 radical (unpaired) electrons. The third-order valence-electron chi connectivity index (χ3n) is 5.71. The largest absolute Gasteiger partial charge is 2.00 e.